The fraction of sp³-hybridized carbons (Fsp3) is 0.300. The maximum Gasteiger partial charge on any atom is 0.310 e. The number of carbonyl (C=O) groups is 1. The summed E-state index contributed by atoms with van der Waals surface area (Å²) in [5, 5.41) is 19.7. The minimum atomic E-state index is -0.704. The second kappa shape index (κ2) is 5.11. The van der Waals surface area contributed by atoms with Crippen LogP contribution in [0.3, 0.4) is 0 Å². The third kappa shape index (κ3) is 2.94. The molecule has 6 nitrogen and oxygen atoms in total. The minimum Gasteiger partial charge on any atom is -0.502 e. The monoisotopic (exact) mass is 225 g/mol. The van der Waals surface area contributed by atoms with E-state index in [1.54, 1.807) is 6.92 Å². The van der Waals surface area contributed by atoms with Crippen molar-refractivity contribution in [2.45, 2.75) is 13.3 Å². The van der Waals surface area contributed by atoms with Crippen LogP contribution < -0.4 is 0 Å². The van der Waals surface area contributed by atoms with Gasteiger partial charge in [0.05, 0.1) is 18.0 Å². The van der Waals surface area contributed by atoms with Crippen molar-refractivity contribution in [2.75, 3.05) is 6.61 Å². The molecule has 0 aliphatic rings. The molecule has 86 valence electrons. The van der Waals surface area contributed by atoms with Crippen LogP contribution in [0.2, 0.25) is 0 Å². The largest absolute Gasteiger partial charge is 0.502 e. The summed E-state index contributed by atoms with van der Waals surface area (Å²) in [6.45, 7) is 1.94. The number of benzene rings is 1. The standard InChI is InChI=1S/C10H11NO5/c1-2-16-10(13)6-7-3-4-9(12)8(5-7)11(14)15/h3-5,12H,2,6H2,1H3. The molecule has 0 radical (unpaired) electrons. The van der Waals surface area contributed by atoms with Gasteiger partial charge < -0.3 is 9.84 Å². The minimum absolute atomic E-state index is 0.0467. The number of ether oxygens (including phenoxy) is 1. The van der Waals surface area contributed by atoms with Gasteiger partial charge >= 0.3 is 11.7 Å². The van der Waals surface area contributed by atoms with Gasteiger partial charge in [0.15, 0.2) is 5.75 Å². The second-order valence-corrected chi connectivity index (χ2v) is 3.06. The van der Waals surface area contributed by atoms with E-state index in [9.17, 15) is 20.0 Å². The van der Waals surface area contributed by atoms with Crippen molar-refractivity contribution in [3.8, 4) is 5.75 Å². The molecular weight excluding hydrogens is 214 g/mol. The van der Waals surface area contributed by atoms with E-state index < -0.39 is 22.3 Å². The van der Waals surface area contributed by atoms with Gasteiger partial charge in [-0.3, -0.25) is 14.9 Å². The quantitative estimate of drug-likeness (QED) is 0.475. The number of phenols is 1. The normalized spacial score (nSPS) is 9.81. The van der Waals surface area contributed by atoms with Crippen LogP contribution in [0.4, 0.5) is 5.69 Å². The molecule has 1 rings (SSSR count). The van der Waals surface area contributed by atoms with E-state index in [1.807, 2.05) is 0 Å². The first-order chi connectivity index (χ1) is 7.54. The molecule has 16 heavy (non-hydrogen) atoms. The number of nitrogens with zero attached hydrogens (tertiary/aromatic N) is 1. The molecule has 0 spiro atoms. The molecule has 0 heterocycles. The molecule has 0 amide bonds. The molecule has 0 atom stereocenters. The van der Waals surface area contributed by atoms with Crippen LogP contribution in [0.25, 0.3) is 0 Å². The Hall–Kier alpha value is -2.11. The Balaban J connectivity index is 2.87. The summed E-state index contributed by atoms with van der Waals surface area (Å²) in [5.41, 5.74) is 0.0183. The molecule has 0 aliphatic heterocycles. The first kappa shape index (κ1) is 12.0. The third-order valence-corrected chi connectivity index (χ3v) is 1.89. The number of aromatic hydroxyl groups is 1. The maximum absolute atomic E-state index is 11.1. The van der Waals surface area contributed by atoms with Crippen molar-refractivity contribution in [1.29, 1.82) is 0 Å². The van der Waals surface area contributed by atoms with E-state index in [0.717, 1.165) is 6.07 Å². The van der Waals surface area contributed by atoms with Crippen molar-refractivity contribution in [3.05, 3.63) is 33.9 Å². The van der Waals surface area contributed by atoms with Gasteiger partial charge in [-0.25, -0.2) is 0 Å². The van der Waals surface area contributed by atoms with E-state index in [4.69, 9.17) is 4.74 Å². The summed E-state index contributed by atoms with van der Waals surface area (Å²) in [5.74, 6) is -0.875. The highest BCUT2D eigenvalue weighted by Gasteiger charge is 2.15. The first-order valence-corrected chi connectivity index (χ1v) is 4.66. The van der Waals surface area contributed by atoms with Crippen molar-refractivity contribution >= 4 is 11.7 Å². The van der Waals surface area contributed by atoms with Crippen LogP contribution in [0.5, 0.6) is 5.75 Å². The topological polar surface area (TPSA) is 89.7 Å². The zero-order valence-electron chi connectivity index (χ0n) is 8.67. The molecule has 0 aromatic heterocycles. The van der Waals surface area contributed by atoms with Crippen molar-refractivity contribution < 1.29 is 19.6 Å². The van der Waals surface area contributed by atoms with Gasteiger partial charge in [-0.2, -0.15) is 0 Å². The summed E-state index contributed by atoms with van der Waals surface area (Å²) in [4.78, 5) is 20.9. The number of phenolic OH excluding ortho intramolecular Hbond substituents is 1. The molecule has 0 bridgehead atoms. The number of hydrogen-bond donors (Lipinski definition) is 1. The smallest absolute Gasteiger partial charge is 0.310 e. The lowest BCUT2D eigenvalue weighted by molar-refractivity contribution is -0.385. The zero-order valence-corrected chi connectivity index (χ0v) is 8.67. The first-order valence-electron chi connectivity index (χ1n) is 4.66. The van der Waals surface area contributed by atoms with Crippen LogP contribution in [0.15, 0.2) is 18.2 Å². The number of carbonyl (C=O) groups excluding carboxylic acids is 1. The number of esters is 1. The van der Waals surface area contributed by atoms with Gasteiger partial charge in [0, 0.05) is 6.07 Å². The van der Waals surface area contributed by atoms with Crippen molar-refractivity contribution in [1.82, 2.24) is 0 Å². The number of rotatable bonds is 4. The lowest BCUT2D eigenvalue weighted by Gasteiger charge is -2.02. The molecule has 1 aromatic rings. The lowest BCUT2D eigenvalue weighted by atomic mass is 10.1. The van der Waals surface area contributed by atoms with E-state index in [2.05, 4.69) is 0 Å². The van der Waals surface area contributed by atoms with E-state index in [-0.39, 0.29) is 13.0 Å². The Labute approximate surface area is 91.6 Å². The van der Waals surface area contributed by atoms with E-state index in [1.165, 1.54) is 12.1 Å². The van der Waals surface area contributed by atoms with Gasteiger partial charge in [0.1, 0.15) is 0 Å². The van der Waals surface area contributed by atoms with Crippen LogP contribution >= 0.6 is 0 Å². The molecule has 6 heteroatoms. The lowest BCUT2D eigenvalue weighted by Crippen LogP contribution is -2.07. The zero-order chi connectivity index (χ0) is 12.1. The average Bonchev–Trinajstić information content (AvgIpc) is 2.21. The van der Waals surface area contributed by atoms with E-state index in [0.29, 0.717) is 5.56 Å². The number of hydrogen-bond acceptors (Lipinski definition) is 5. The van der Waals surface area contributed by atoms with Crippen LogP contribution in [0.1, 0.15) is 12.5 Å². The van der Waals surface area contributed by atoms with Crippen molar-refractivity contribution in [2.24, 2.45) is 0 Å². The molecule has 0 saturated heterocycles. The number of nitro groups is 1. The Kier molecular flexibility index (Phi) is 3.82. The van der Waals surface area contributed by atoms with Crippen molar-refractivity contribution in [3.63, 3.8) is 0 Å². The summed E-state index contributed by atoms with van der Waals surface area (Å²) in [6, 6.07) is 3.79. The predicted octanol–water partition coefficient (Wildman–Crippen LogP) is 1.41. The van der Waals surface area contributed by atoms with Crippen LogP contribution in [-0.2, 0) is 16.0 Å². The van der Waals surface area contributed by atoms with Gasteiger partial charge in [0.2, 0.25) is 0 Å². The summed E-state index contributed by atoms with van der Waals surface area (Å²) in [6.07, 6.45) is -0.0467. The van der Waals surface area contributed by atoms with E-state index >= 15 is 0 Å². The molecule has 1 aromatic carbocycles. The van der Waals surface area contributed by atoms with Gasteiger partial charge in [-0.1, -0.05) is 6.07 Å². The number of nitro benzene ring substituents is 1. The second-order valence-electron chi connectivity index (χ2n) is 3.06. The highest BCUT2D eigenvalue weighted by Crippen LogP contribution is 2.26. The van der Waals surface area contributed by atoms with Crippen LogP contribution in [-0.4, -0.2) is 22.6 Å². The highest BCUT2D eigenvalue weighted by atomic mass is 16.6. The Morgan fingerprint density at radius 1 is 1.56 bits per heavy atom. The Morgan fingerprint density at radius 2 is 2.25 bits per heavy atom. The van der Waals surface area contributed by atoms with Gasteiger partial charge in [0.25, 0.3) is 0 Å². The SMILES string of the molecule is CCOC(=O)Cc1ccc(O)c([N+](=O)[O-])c1. The summed E-state index contributed by atoms with van der Waals surface area (Å²) >= 11 is 0. The van der Waals surface area contributed by atoms with Gasteiger partial charge in [-0.15, -0.1) is 0 Å². The predicted molar refractivity (Wildman–Crippen MR) is 55.1 cm³/mol. The molecule has 0 saturated carbocycles. The molecule has 0 unspecified atom stereocenters. The fourth-order valence-electron chi connectivity index (χ4n) is 1.20. The van der Waals surface area contributed by atoms with Gasteiger partial charge in [-0.05, 0) is 18.6 Å². The average molecular weight is 225 g/mol. The third-order valence-electron chi connectivity index (χ3n) is 1.89. The molecule has 0 fully saturated rings. The maximum atomic E-state index is 11.1. The highest BCUT2D eigenvalue weighted by molar-refractivity contribution is 5.73. The summed E-state index contributed by atoms with van der Waals surface area (Å²) in [7, 11) is 0. The Bertz CT molecular complexity index is 416. The fourth-order valence-corrected chi connectivity index (χ4v) is 1.20. The molecular formula is C10H11NO5. The van der Waals surface area contributed by atoms with Crippen LogP contribution in [0, 0.1) is 10.1 Å². The molecule has 0 aliphatic carbocycles. The molecule has 1 N–H and O–H groups in total. The Morgan fingerprint density at radius 3 is 2.81 bits per heavy atom. The summed E-state index contributed by atoms with van der Waals surface area (Å²) < 4.78 is 4.71.